The molecule has 0 aliphatic rings. The van der Waals surface area contributed by atoms with Gasteiger partial charge in [0.15, 0.2) is 5.69 Å². The van der Waals surface area contributed by atoms with Crippen LogP contribution in [0.5, 0.6) is 0 Å². The molecular formula is C14H15NO3S. The molecule has 100 valence electrons. The molecule has 1 heterocycles. The number of aromatic carboxylic acids is 1. The largest absolute Gasteiger partial charge is 0.476 e. The zero-order valence-electron chi connectivity index (χ0n) is 10.8. The average Bonchev–Trinajstić information content (AvgIpc) is 2.86. The molecule has 0 spiro atoms. The SMILES string of the molecule is CCC(OC)c1nc(C(=O)O)c(-c2ccccc2)s1. The number of benzene rings is 1. The topological polar surface area (TPSA) is 59.4 Å². The van der Waals surface area contributed by atoms with Gasteiger partial charge in [0.1, 0.15) is 11.1 Å². The molecule has 2 rings (SSSR count). The first kappa shape index (κ1) is 13.7. The Labute approximate surface area is 115 Å². The minimum absolute atomic E-state index is 0.0988. The fourth-order valence-electron chi connectivity index (χ4n) is 1.85. The predicted molar refractivity (Wildman–Crippen MR) is 74.6 cm³/mol. The average molecular weight is 277 g/mol. The maximum atomic E-state index is 11.3. The fourth-order valence-corrected chi connectivity index (χ4v) is 3.07. The number of methoxy groups -OCH3 is 1. The molecule has 4 nitrogen and oxygen atoms in total. The van der Waals surface area contributed by atoms with Gasteiger partial charge in [-0.25, -0.2) is 9.78 Å². The summed E-state index contributed by atoms with van der Waals surface area (Å²) in [4.78, 5) is 16.2. The molecule has 1 aromatic carbocycles. The van der Waals surface area contributed by atoms with Gasteiger partial charge in [0.2, 0.25) is 0 Å². The Morgan fingerprint density at radius 1 is 1.42 bits per heavy atom. The molecule has 0 radical (unpaired) electrons. The van der Waals surface area contributed by atoms with Crippen LogP contribution in [0, 0.1) is 0 Å². The Balaban J connectivity index is 2.51. The maximum absolute atomic E-state index is 11.3. The summed E-state index contributed by atoms with van der Waals surface area (Å²) in [6.45, 7) is 1.98. The van der Waals surface area contributed by atoms with Crippen LogP contribution in [0.25, 0.3) is 10.4 Å². The lowest BCUT2D eigenvalue weighted by Crippen LogP contribution is -2.02. The van der Waals surface area contributed by atoms with Gasteiger partial charge in [0.05, 0.1) is 4.88 Å². The van der Waals surface area contributed by atoms with Gasteiger partial charge in [-0.3, -0.25) is 0 Å². The van der Waals surface area contributed by atoms with Crippen molar-refractivity contribution in [3.63, 3.8) is 0 Å². The van der Waals surface area contributed by atoms with Gasteiger partial charge < -0.3 is 9.84 Å². The molecular weight excluding hydrogens is 262 g/mol. The third-order valence-electron chi connectivity index (χ3n) is 2.81. The van der Waals surface area contributed by atoms with Crippen LogP contribution in [0.4, 0.5) is 0 Å². The minimum Gasteiger partial charge on any atom is -0.476 e. The van der Waals surface area contributed by atoms with E-state index in [4.69, 9.17) is 4.74 Å². The maximum Gasteiger partial charge on any atom is 0.356 e. The van der Waals surface area contributed by atoms with Crippen LogP contribution in [0.1, 0.15) is 34.9 Å². The van der Waals surface area contributed by atoms with E-state index in [0.717, 1.165) is 12.0 Å². The summed E-state index contributed by atoms with van der Waals surface area (Å²) in [7, 11) is 1.61. The van der Waals surface area contributed by atoms with E-state index < -0.39 is 5.97 Å². The number of thiazole rings is 1. The van der Waals surface area contributed by atoms with Crippen molar-refractivity contribution < 1.29 is 14.6 Å². The Morgan fingerprint density at radius 3 is 2.63 bits per heavy atom. The molecule has 2 aromatic rings. The highest BCUT2D eigenvalue weighted by Crippen LogP contribution is 2.34. The van der Waals surface area contributed by atoms with E-state index in [-0.39, 0.29) is 11.8 Å². The molecule has 19 heavy (non-hydrogen) atoms. The predicted octanol–water partition coefficient (Wildman–Crippen LogP) is 3.61. The van der Waals surface area contributed by atoms with E-state index in [0.29, 0.717) is 9.88 Å². The Kier molecular flexibility index (Phi) is 4.29. The molecule has 1 aromatic heterocycles. The smallest absolute Gasteiger partial charge is 0.356 e. The number of carboxylic acids is 1. The summed E-state index contributed by atoms with van der Waals surface area (Å²) >= 11 is 1.38. The van der Waals surface area contributed by atoms with Crippen molar-refractivity contribution in [1.29, 1.82) is 0 Å². The first-order valence-corrected chi connectivity index (χ1v) is 6.81. The lowest BCUT2D eigenvalue weighted by atomic mass is 10.1. The van der Waals surface area contributed by atoms with E-state index in [2.05, 4.69) is 4.98 Å². The Morgan fingerprint density at radius 2 is 2.11 bits per heavy atom. The first-order valence-electron chi connectivity index (χ1n) is 5.99. The van der Waals surface area contributed by atoms with E-state index in [1.165, 1.54) is 11.3 Å². The van der Waals surface area contributed by atoms with Crippen molar-refractivity contribution in [3.05, 3.63) is 41.0 Å². The van der Waals surface area contributed by atoms with Gasteiger partial charge in [-0.05, 0) is 12.0 Å². The highest BCUT2D eigenvalue weighted by molar-refractivity contribution is 7.15. The summed E-state index contributed by atoms with van der Waals surface area (Å²) in [5.74, 6) is -1.01. The van der Waals surface area contributed by atoms with Crippen molar-refractivity contribution in [3.8, 4) is 10.4 Å². The van der Waals surface area contributed by atoms with Gasteiger partial charge in [0.25, 0.3) is 0 Å². The fraction of sp³-hybridized carbons (Fsp3) is 0.286. The molecule has 0 saturated heterocycles. The van der Waals surface area contributed by atoms with Crippen molar-refractivity contribution in [2.24, 2.45) is 0 Å². The Bertz CT molecular complexity index is 561. The number of ether oxygens (including phenoxy) is 1. The molecule has 1 N–H and O–H groups in total. The molecule has 5 heteroatoms. The number of rotatable bonds is 5. The molecule has 1 atom stereocenters. The number of nitrogens with zero attached hydrogens (tertiary/aromatic N) is 1. The number of hydrogen-bond donors (Lipinski definition) is 1. The van der Waals surface area contributed by atoms with E-state index in [1.807, 2.05) is 37.3 Å². The van der Waals surface area contributed by atoms with E-state index in [9.17, 15) is 9.90 Å². The second-order valence-corrected chi connectivity index (χ2v) is 5.06. The summed E-state index contributed by atoms with van der Waals surface area (Å²) < 4.78 is 5.32. The summed E-state index contributed by atoms with van der Waals surface area (Å²) in [6, 6.07) is 9.44. The summed E-state index contributed by atoms with van der Waals surface area (Å²) in [6.07, 6.45) is 0.609. The van der Waals surface area contributed by atoms with Crippen LogP contribution in [0.15, 0.2) is 30.3 Å². The number of carboxylic acid groups (broad SMARTS) is 1. The molecule has 0 bridgehead atoms. The second-order valence-electron chi connectivity index (χ2n) is 4.03. The molecule has 1 unspecified atom stereocenters. The Hall–Kier alpha value is -1.72. The zero-order valence-corrected chi connectivity index (χ0v) is 11.6. The minimum atomic E-state index is -1.01. The van der Waals surface area contributed by atoms with Crippen LogP contribution in [0.2, 0.25) is 0 Å². The van der Waals surface area contributed by atoms with Gasteiger partial charge in [-0.2, -0.15) is 0 Å². The first-order chi connectivity index (χ1) is 9.17. The lowest BCUT2D eigenvalue weighted by molar-refractivity contribution is 0.0689. The van der Waals surface area contributed by atoms with Crippen LogP contribution >= 0.6 is 11.3 Å². The summed E-state index contributed by atoms with van der Waals surface area (Å²) in [5, 5.41) is 9.98. The monoisotopic (exact) mass is 277 g/mol. The molecule has 0 fully saturated rings. The van der Waals surface area contributed by atoms with Crippen LogP contribution in [-0.2, 0) is 4.74 Å². The van der Waals surface area contributed by atoms with Gasteiger partial charge in [-0.1, -0.05) is 37.3 Å². The van der Waals surface area contributed by atoms with Crippen molar-refractivity contribution in [2.45, 2.75) is 19.4 Å². The normalized spacial score (nSPS) is 12.3. The standard InChI is InChI=1S/C14H15NO3S/c1-3-10(18-2)13-15-11(14(16)17)12(19-13)9-7-5-4-6-8-9/h4-8,10H,3H2,1-2H3,(H,16,17). The zero-order chi connectivity index (χ0) is 13.8. The quantitative estimate of drug-likeness (QED) is 0.907. The summed E-state index contributed by atoms with van der Waals surface area (Å²) in [5.41, 5.74) is 0.969. The highest BCUT2D eigenvalue weighted by Gasteiger charge is 2.22. The van der Waals surface area contributed by atoms with Gasteiger partial charge in [-0.15, -0.1) is 11.3 Å². The van der Waals surface area contributed by atoms with Crippen LogP contribution in [-0.4, -0.2) is 23.2 Å². The molecule has 0 aliphatic carbocycles. The van der Waals surface area contributed by atoms with E-state index >= 15 is 0 Å². The number of hydrogen-bond acceptors (Lipinski definition) is 4. The number of carbonyl (C=O) groups is 1. The molecule has 0 amide bonds. The van der Waals surface area contributed by atoms with Gasteiger partial charge >= 0.3 is 5.97 Å². The van der Waals surface area contributed by atoms with E-state index in [1.54, 1.807) is 7.11 Å². The van der Waals surface area contributed by atoms with Gasteiger partial charge in [0, 0.05) is 7.11 Å². The van der Waals surface area contributed by atoms with Crippen molar-refractivity contribution in [2.75, 3.05) is 7.11 Å². The third kappa shape index (κ3) is 2.83. The molecule has 0 saturated carbocycles. The van der Waals surface area contributed by atoms with Crippen LogP contribution in [0.3, 0.4) is 0 Å². The lowest BCUT2D eigenvalue weighted by Gasteiger charge is -2.08. The van der Waals surface area contributed by atoms with Crippen molar-refractivity contribution >= 4 is 17.3 Å². The highest BCUT2D eigenvalue weighted by atomic mass is 32.1. The molecule has 0 aliphatic heterocycles. The third-order valence-corrected chi connectivity index (χ3v) is 4.01. The van der Waals surface area contributed by atoms with Crippen molar-refractivity contribution in [1.82, 2.24) is 4.98 Å². The van der Waals surface area contributed by atoms with Crippen LogP contribution < -0.4 is 0 Å². The second kappa shape index (κ2) is 5.95. The number of aromatic nitrogens is 1.